The van der Waals surface area contributed by atoms with Gasteiger partial charge in [-0.1, -0.05) is 13.8 Å². The Balaban J connectivity index is 2.11. The van der Waals surface area contributed by atoms with Crippen LogP contribution in [0.1, 0.15) is 53.9 Å². The summed E-state index contributed by atoms with van der Waals surface area (Å²) in [4.78, 5) is 17.8. The maximum Gasteiger partial charge on any atom is 0.341 e. The molecule has 0 radical (unpaired) electrons. The third kappa shape index (κ3) is 2.14. The molecule has 0 aromatic carbocycles. The predicted molar refractivity (Wildman–Crippen MR) is 75.6 cm³/mol. The monoisotopic (exact) mass is 268 g/mol. The number of amides is 2. The number of carbonyl (C=O) groups excluding carboxylic acids is 1. The van der Waals surface area contributed by atoms with Gasteiger partial charge in [0.2, 0.25) is 0 Å². The van der Waals surface area contributed by atoms with Crippen LogP contribution in [-0.4, -0.2) is 29.8 Å². The van der Waals surface area contributed by atoms with Gasteiger partial charge in [0.05, 0.1) is 6.61 Å². The van der Waals surface area contributed by atoms with Crippen LogP contribution in [0.5, 0.6) is 0 Å². The van der Waals surface area contributed by atoms with Crippen molar-refractivity contribution < 1.29 is 9.63 Å². The van der Waals surface area contributed by atoms with Crippen molar-refractivity contribution in [1.29, 1.82) is 0 Å². The number of carbonyl (C=O) groups is 1. The highest BCUT2D eigenvalue weighted by Crippen LogP contribution is 2.61. The second kappa shape index (κ2) is 4.97. The van der Waals surface area contributed by atoms with E-state index < -0.39 is 0 Å². The molecule has 2 amide bonds. The van der Waals surface area contributed by atoms with E-state index >= 15 is 0 Å². The third-order valence-corrected chi connectivity index (χ3v) is 5.77. The molecule has 1 N–H and O–H groups in total. The number of fused-ring (bicyclic) bond motifs is 2. The molecule has 2 rings (SSSR count). The van der Waals surface area contributed by atoms with Gasteiger partial charge in [-0.2, -0.15) is 0 Å². The van der Waals surface area contributed by atoms with Gasteiger partial charge in [0.15, 0.2) is 0 Å². The van der Waals surface area contributed by atoms with E-state index in [9.17, 15) is 4.79 Å². The molecule has 0 saturated heterocycles. The van der Waals surface area contributed by atoms with Gasteiger partial charge >= 0.3 is 6.03 Å². The molecule has 4 heteroatoms. The van der Waals surface area contributed by atoms with Gasteiger partial charge in [0.1, 0.15) is 0 Å². The summed E-state index contributed by atoms with van der Waals surface area (Å²) in [6.45, 7) is 11.7. The lowest BCUT2D eigenvalue weighted by atomic mass is 9.64. The molecular weight excluding hydrogens is 240 g/mol. The van der Waals surface area contributed by atoms with Gasteiger partial charge in [-0.15, -0.1) is 0 Å². The van der Waals surface area contributed by atoms with Crippen molar-refractivity contribution in [2.45, 2.75) is 59.4 Å². The number of hydroxylamine groups is 2. The van der Waals surface area contributed by atoms with E-state index in [1.807, 2.05) is 13.8 Å². The average molecular weight is 268 g/mol. The summed E-state index contributed by atoms with van der Waals surface area (Å²) in [7, 11) is 0. The molecule has 2 fully saturated rings. The molecule has 0 heterocycles. The summed E-state index contributed by atoms with van der Waals surface area (Å²) in [6, 6.07) is -0.0903. The Morgan fingerprint density at radius 3 is 2.37 bits per heavy atom. The van der Waals surface area contributed by atoms with E-state index in [0.717, 1.165) is 5.92 Å². The molecule has 0 spiro atoms. The Morgan fingerprint density at radius 2 is 1.89 bits per heavy atom. The molecule has 0 aromatic heterocycles. The summed E-state index contributed by atoms with van der Waals surface area (Å²) in [5.41, 5.74) is 0.0503. The first-order valence-electron chi connectivity index (χ1n) is 7.59. The highest BCUT2D eigenvalue weighted by Gasteiger charge is 2.61. The third-order valence-electron chi connectivity index (χ3n) is 5.77. The van der Waals surface area contributed by atoms with E-state index in [4.69, 9.17) is 4.84 Å². The van der Waals surface area contributed by atoms with E-state index in [2.05, 4.69) is 26.1 Å². The molecule has 2 aliphatic carbocycles. The molecule has 19 heavy (non-hydrogen) atoms. The van der Waals surface area contributed by atoms with Gasteiger partial charge in [0, 0.05) is 12.1 Å². The minimum Gasteiger partial charge on any atom is -0.330 e. The first kappa shape index (κ1) is 14.6. The summed E-state index contributed by atoms with van der Waals surface area (Å²) in [5, 5.41) is 4.71. The first-order chi connectivity index (χ1) is 8.86. The fourth-order valence-corrected chi connectivity index (χ4v) is 4.11. The molecular formula is C15H28N2O2. The van der Waals surface area contributed by atoms with E-state index in [1.54, 1.807) is 0 Å². The van der Waals surface area contributed by atoms with Crippen LogP contribution >= 0.6 is 0 Å². The quantitative estimate of drug-likeness (QED) is 0.796. The maximum absolute atomic E-state index is 12.4. The number of nitrogens with zero attached hydrogens (tertiary/aromatic N) is 1. The standard InChI is InChI=1S/C15H28N2O2/c1-6-17(19-7-2)13(18)16-15(5)12-9-8-11(10-12)14(15,3)4/h11-12H,6-10H2,1-5H3,(H,16,18). The van der Waals surface area contributed by atoms with Gasteiger partial charge in [-0.05, 0) is 57.3 Å². The Bertz CT molecular complexity index is 356. The number of hydrogen-bond donors (Lipinski definition) is 1. The molecule has 2 saturated carbocycles. The second-order valence-corrected chi connectivity index (χ2v) is 6.67. The largest absolute Gasteiger partial charge is 0.341 e. The molecule has 2 bridgehead atoms. The van der Waals surface area contributed by atoms with E-state index in [-0.39, 0.29) is 17.0 Å². The minimum atomic E-state index is -0.114. The summed E-state index contributed by atoms with van der Waals surface area (Å²) < 4.78 is 0. The molecule has 0 aromatic rings. The van der Waals surface area contributed by atoms with Crippen LogP contribution < -0.4 is 5.32 Å². The lowest BCUT2D eigenvalue weighted by molar-refractivity contribution is -0.112. The normalized spacial score (nSPS) is 35.4. The Morgan fingerprint density at radius 1 is 1.26 bits per heavy atom. The fourth-order valence-electron chi connectivity index (χ4n) is 4.11. The average Bonchev–Trinajstić information content (AvgIpc) is 2.90. The molecule has 4 nitrogen and oxygen atoms in total. The van der Waals surface area contributed by atoms with Gasteiger partial charge in [-0.25, -0.2) is 9.86 Å². The number of rotatable bonds is 4. The first-order valence-corrected chi connectivity index (χ1v) is 7.59. The second-order valence-electron chi connectivity index (χ2n) is 6.67. The van der Waals surface area contributed by atoms with Gasteiger partial charge in [0.25, 0.3) is 0 Å². The Kier molecular flexibility index (Phi) is 3.83. The Labute approximate surface area is 116 Å². The lowest BCUT2D eigenvalue weighted by Gasteiger charge is -2.48. The fraction of sp³-hybridized carbons (Fsp3) is 0.933. The van der Waals surface area contributed by atoms with Crippen molar-refractivity contribution in [1.82, 2.24) is 10.4 Å². The molecule has 110 valence electrons. The van der Waals surface area contributed by atoms with Crippen LogP contribution in [0, 0.1) is 17.3 Å². The minimum absolute atomic E-state index is 0.0903. The van der Waals surface area contributed by atoms with Crippen LogP contribution in [-0.2, 0) is 4.84 Å². The van der Waals surface area contributed by atoms with Crippen LogP contribution in [0.15, 0.2) is 0 Å². The van der Waals surface area contributed by atoms with Crippen molar-refractivity contribution >= 4 is 6.03 Å². The van der Waals surface area contributed by atoms with Crippen LogP contribution in [0.2, 0.25) is 0 Å². The summed E-state index contributed by atoms with van der Waals surface area (Å²) in [5.74, 6) is 1.35. The van der Waals surface area contributed by atoms with Gasteiger partial charge < -0.3 is 5.32 Å². The SMILES string of the molecule is CCON(CC)C(=O)NC1(C)C2CCC(C2)C1(C)C. The van der Waals surface area contributed by atoms with Crippen molar-refractivity contribution in [3.8, 4) is 0 Å². The van der Waals surface area contributed by atoms with Crippen molar-refractivity contribution in [3.05, 3.63) is 0 Å². The van der Waals surface area contributed by atoms with Crippen LogP contribution in [0.3, 0.4) is 0 Å². The lowest BCUT2D eigenvalue weighted by Crippen LogP contribution is -2.61. The predicted octanol–water partition coefficient (Wildman–Crippen LogP) is 3.18. The zero-order valence-corrected chi connectivity index (χ0v) is 13.0. The molecule has 0 aliphatic heterocycles. The van der Waals surface area contributed by atoms with Crippen molar-refractivity contribution in [3.63, 3.8) is 0 Å². The van der Waals surface area contributed by atoms with Gasteiger partial charge in [-0.3, -0.25) is 4.84 Å². The number of nitrogens with one attached hydrogen (secondary N) is 1. The zero-order valence-electron chi connectivity index (χ0n) is 13.0. The van der Waals surface area contributed by atoms with Crippen molar-refractivity contribution in [2.24, 2.45) is 17.3 Å². The topological polar surface area (TPSA) is 41.6 Å². The van der Waals surface area contributed by atoms with Crippen molar-refractivity contribution in [2.75, 3.05) is 13.2 Å². The smallest absolute Gasteiger partial charge is 0.330 e. The van der Waals surface area contributed by atoms with Crippen LogP contribution in [0.25, 0.3) is 0 Å². The maximum atomic E-state index is 12.4. The van der Waals surface area contributed by atoms with E-state index in [0.29, 0.717) is 19.1 Å². The highest BCUT2D eigenvalue weighted by molar-refractivity contribution is 5.74. The summed E-state index contributed by atoms with van der Waals surface area (Å²) >= 11 is 0. The number of hydrogen-bond acceptors (Lipinski definition) is 2. The van der Waals surface area contributed by atoms with Crippen LogP contribution in [0.4, 0.5) is 4.79 Å². The zero-order chi connectivity index (χ0) is 14.3. The Hall–Kier alpha value is -0.770. The molecule has 2 aliphatic rings. The summed E-state index contributed by atoms with van der Waals surface area (Å²) in [6.07, 6.45) is 3.81. The van der Waals surface area contributed by atoms with E-state index in [1.165, 1.54) is 24.3 Å². The molecule has 3 atom stereocenters. The number of urea groups is 1. The molecule has 3 unspecified atom stereocenters. The highest BCUT2D eigenvalue weighted by atomic mass is 16.7.